The zero-order valence-corrected chi connectivity index (χ0v) is 11.0. The number of likely N-dealkylation sites (tertiary alicyclic amines) is 1. The van der Waals surface area contributed by atoms with Crippen molar-refractivity contribution >= 4 is 5.91 Å². The van der Waals surface area contributed by atoms with Crippen LogP contribution in [0.2, 0.25) is 0 Å². The van der Waals surface area contributed by atoms with Crippen molar-refractivity contribution in [2.24, 2.45) is 11.7 Å². The van der Waals surface area contributed by atoms with E-state index in [1.54, 1.807) is 4.90 Å². The van der Waals surface area contributed by atoms with Gasteiger partial charge < -0.3 is 15.7 Å². The Labute approximate surface area is 112 Å². The van der Waals surface area contributed by atoms with Crippen LogP contribution in [0.4, 0.5) is 4.39 Å². The summed E-state index contributed by atoms with van der Waals surface area (Å²) >= 11 is 0. The van der Waals surface area contributed by atoms with E-state index < -0.39 is 5.82 Å². The van der Waals surface area contributed by atoms with Gasteiger partial charge in [0, 0.05) is 25.2 Å². The van der Waals surface area contributed by atoms with Crippen LogP contribution in [0, 0.1) is 11.7 Å². The molecule has 1 aromatic rings. The maximum atomic E-state index is 12.9. The second-order valence-electron chi connectivity index (χ2n) is 5.15. The molecule has 1 fully saturated rings. The molecular formula is C14H19FN2O2. The van der Waals surface area contributed by atoms with Gasteiger partial charge >= 0.3 is 0 Å². The van der Waals surface area contributed by atoms with Gasteiger partial charge in [-0.25, -0.2) is 4.39 Å². The van der Waals surface area contributed by atoms with Crippen LogP contribution in [0.25, 0.3) is 0 Å². The van der Waals surface area contributed by atoms with E-state index in [4.69, 9.17) is 5.73 Å². The highest BCUT2D eigenvalue weighted by molar-refractivity contribution is 5.96. The van der Waals surface area contributed by atoms with Gasteiger partial charge in [-0.05, 0) is 37.8 Å². The minimum Gasteiger partial charge on any atom is -0.507 e. The average Bonchev–Trinajstić information content (AvgIpc) is 2.38. The number of amides is 1. The quantitative estimate of drug-likeness (QED) is 0.856. The summed E-state index contributed by atoms with van der Waals surface area (Å²) in [6.07, 6.45) is 1.73. The number of piperidine rings is 1. The maximum absolute atomic E-state index is 12.9. The lowest BCUT2D eigenvalue weighted by molar-refractivity contribution is 0.0678. The topological polar surface area (TPSA) is 66.6 Å². The van der Waals surface area contributed by atoms with Gasteiger partial charge in [0.2, 0.25) is 0 Å². The fourth-order valence-electron chi connectivity index (χ4n) is 2.48. The summed E-state index contributed by atoms with van der Waals surface area (Å²) in [5, 5.41) is 9.63. The molecule has 104 valence electrons. The predicted molar refractivity (Wildman–Crippen MR) is 70.3 cm³/mol. The van der Waals surface area contributed by atoms with E-state index in [1.165, 1.54) is 12.1 Å². The molecule has 5 heteroatoms. The molecule has 0 spiro atoms. The number of rotatable bonds is 2. The molecule has 2 rings (SSSR count). The molecule has 3 N–H and O–H groups in total. The third kappa shape index (κ3) is 3.04. The van der Waals surface area contributed by atoms with Gasteiger partial charge in [0.05, 0.1) is 5.56 Å². The minimum atomic E-state index is -0.551. The summed E-state index contributed by atoms with van der Waals surface area (Å²) in [6, 6.07) is 3.60. The first-order valence-corrected chi connectivity index (χ1v) is 6.52. The van der Waals surface area contributed by atoms with Crippen LogP contribution in [0.3, 0.4) is 0 Å². The van der Waals surface area contributed by atoms with E-state index in [0.717, 1.165) is 18.9 Å². The standard InChI is InChI=1S/C14H19FN2O2/c1-9(16)10-4-6-17(7-5-10)14(19)12-3-2-11(15)8-13(12)18/h2-3,8-10,18H,4-7,16H2,1H3. The lowest BCUT2D eigenvalue weighted by atomic mass is 9.90. The second kappa shape index (κ2) is 5.57. The summed E-state index contributed by atoms with van der Waals surface area (Å²) < 4.78 is 12.9. The number of phenolic OH excluding ortho intramolecular Hbond substituents is 1. The van der Waals surface area contributed by atoms with Crippen molar-refractivity contribution in [1.82, 2.24) is 4.90 Å². The van der Waals surface area contributed by atoms with Crippen molar-refractivity contribution in [1.29, 1.82) is 0 Å². The summed E-state index contributed by atoms with van der Waals surface area (Å²) in [4.78, 5) is 13.9. The number of halogens is 1. The molecule has 1 atom stereocenters. The van der Waals surface area contributed by atoms with Gasteiger partial charge in [0.1, 0.15) is 11.6 Å². The number of nitrogens with zero attached hydrogens (tertiary/aromatic N) is 1. The summed E-state index contributed by atoms with van der Waals surface area (Å²) in [5.74, 6) is -0.671. The largest absolute Gasteiger partial charge is 0.507 e. The average molecular weight is 266 g/mol. The lowest BCUT2D eigenvalue weighted by Gasteiger charge is -2.33. The van der Waals surface area contributed by atoms with E-state index in [0.29, 0.717) is 19.0 Å². The van der Waals surface area contributed by atoms with Crippen molar-refractivity contribution in [3.8, 4) is 5.75 Å². The van der Waals surface area contributed by atoms with Crippen LogP contribution in [0.1, 0.15) is 30.1 Å². The maximum Gasteiger partial charge on any atom is 0.257 e. The third-order valence-electron chi connectivity index (χ3n) is 3.76. The van der Waals surface area contributed by atoms with Crippen LogP contribution >= 0.6 is 0 Å². The number of carbonyl (C=O) groups excluding carboxylic acids is 1. The predicted octanol–water partition coefficient (Wildman–Crippen LogP) is 1.73. The number of aromatic hydroxyl groups is 1. The highest BCUT2D eigenvalue weighted by Crippen LogP contribution is 2.24. The van der Waals surface area contributed by atoms with E-state index >= 15 is 0 Å². The summed E-state index contributed by atoms with van der Waals surface area (Å²) in [6.45, 7) is 3.23. The Bertz CT molecular complexity index is 469. The highest BCUT2D eigenvalue weighted by Gasteiger charge is 2.26. The van der Waals surface area contributed by atoms with Crippen LogP contribution in [-0.4, -0.2) is 35.0 Å². The Kier molecular flexibility index (Phi) is 4.04. The Balaban J connectivity index is 2.05. The molecule has 19 heavy (non-hydrogen) atoms. The normalized spacial score (nSPS) is 18.4. The van der Waals surface area contributed by atoms with Crippen molar-refractivity contribution in [2.75, 3.05) is 13.1 Å². The Morgan fingerprint density at radius 1 is 1.47 bits per heavy atom. The number of carbonyl (C=O) groups is 1. The number of phenols is 1. The van der Waals surface area contributed by atoms with Crippen molar-refractivity contribution in [3.05, 3.63) is 29.6 Å². The Hall–Kier alpha value is -1.62. The number of hydrogen-bond acceptors (Lipinski definition) is 3. The molecule has 0 aromatic heterocycles. The first-order chi connectivity index (χ1) is 8.99. The molecule has 0 saturated carbocycles. The van der Waals surface area contributed by atoms with Crippen molar-refractivity contribution < 1.29 is 14.3 Å². The molecule has 1 saturated heterocycles. The Morgan fingerprint density at radius 2 is 2.11 bits per heavy atom. The fraction of sp³-hybridized carbons (Fsp3) is 0.500. The molecule has 0 aliphatic carbocycles. The van der Waals surface area contributed by atoms with Crippen LogP contribution in [-0.2, 0) is 0 Å². The molecule has 1 aliphatic rings. The van der Waals surface area contributed by atoms with Crippen LogP contribution < -0.4 is 5.73 Å². The molecular weight excluding hydrogens is 247 g/mol. The van der Waals surface area contributed by atoms with Gasteiger partial charge in [-0.15, -0.1) is 0 Å². The molecule has 1 heterocycles. The molecule has 1 aromatic carbocycles. The second-order valence-corrected chi connectivity index (χ2v) is 5.15. The SMILES string of the molecule is CC(N)C1CCN(C(=O)c2ccc(F)cc2O)CC1. The van der Waals surface area contributed by atoms with Gasteiger partial charge in [-0.1, -0.05) is 0 Å². The molecule has 4 nitrogen and oxygen atoms in total. The monoisotopic (exact) mass is 266 g/mol. The van der Waals surface area contributed by atoms with Crippen LogP contribution in [0.5, 0.6) is 5.75 Å². The third-order valence-corrected chi connectivity index (χ3v) is 3.76. The van der Waals surface area contributed by atoms with Gasteiger partial charge in [-0.3, -0.25) is 4.79 Å². The van der Waals surface area contributed by atoms with E-state index in [2.05, 4.69) is 0 Å². The van der Waals surface area contributed by atoms with E-state index in [9.17, 15) is 14.3 Å². The molecule has 1 amide bonds. The molecule has 0 radical (unpaired) electrons. The van der Waals surface area contributed by atoms with E-state index in [1.807, 2.05) is 6.92 Å². The van der Waals surface area contributed by atoms with Crippen molar-refractivity contribution in [2.45, 2.75) is 25.8 Å². The van der Waals surface area contributed by atoms with Crippen LogP contribution in [0.15, 0.2) is 18.2 Å². The lowest BCUT2D eigenvalue weighted by Crippen LogP contribution is -2.42. The zero-order valence-electron chi connectivity index (χ0n) is 11.0. The number of hydrogen-bond donors (Lipinski definition) is 2. The van der Waals surface area contributed by atoms with Gasteiger partial charge in [0.25, 0.3) is 5.91 Å². The number of benzene rings is 1. The number of nitrogens with two attached hydrogens (primary N) is 1. The highest BCUT2D eigenvalue weighted by atomic mass is 19.1. The minimum absolute atomic E-state index is 0.136. The molecule has 1 unspecified atom stereocenters. The molecule has 0 bridgehead atoms. The fourth-order valence-corrected chi connectivity index (χ4v) is 2.48. The summed E-state index contributed by atoms with van der Waals surface area (Å²) in [7, 11) is 0. The first kappa shape index (κ1) is 13.8. The smallest absolute Gasteiger partial charge is 0.257 e. The van der Waals surface area contributed by atoms with E-state index in [-0.39, 0.29) is 23.3 Å². The summed E-state index contributed by atoms with van der Waals surface area (Å²) in [5.41, 5.74) is 6.01. The zero-order chi connectivity index (χ0) is 14.0. The van der Waals surface area contributed by atoms with Gasteiger partial charge in [0.15, 0.2) is 0 Å². The van der Waals surface area contributed by atoms with Crippen molar-refractivity contribution in [3.63, 3.8) is 0 Å². The Morgan fingerprint density at radius 3 is 2.63 bits per heavy atom. The first-order valence-electron chi connectivity index (χ1n) is 6.52. The molecule has 1 aliphatic heterocycles. The van der Waals surface area contributed by atoms with Gasteiger partial charge in [-0.2, -0.15) is 0 Å².